The molecule has 0 bridgehead atoms. The Labute approximate surface area is 77.1 Å². The number of aliphatic hydroxyl groups excluding tert-OH is 2. The van der Waals surface area contributed by atoms with Crippen LogP contribution in [0.5, 0.6) is 0 Å². The van der Waals surface area contributed by atoms with E-state index in [4.69, 9.17) is 15.9 Å². The predicted molar refractivity (Wildman–Crippen MR) is 46.9 cm³/mol. The summed E-state index contributed by atoms with van der Waals surface area (Å²) in [7, 11) is 0. The maximum Gasteiger partial charge on any atom is 0.239 e. The van der Waals surface area contributed by atoms with Crippen LogP contribution in [0.3, 0.4) is 0 Å². The number of aliphatic hydroxyl groups is 2. The standard InChI is InChI=1S/C8H16N2O3/c9-7-2-1-3-10(8(7)13)6(4-11)5-12/h6-7,11-12H,1-5,9H2. The number of carbonyl (C=O) groups excluding carboxylic acids is 1. The first-order valence-corrected chi connectivity index (χ1v) is 4.48. The van der Waals surface area contributed by atoms with E-state index in [9.17, 15) is 4.79 Å². The highest BCUT2D eigenvalue weighted by Gasteiger charge is 2.30. The maximum absolute atomic E-state index is 11.5. The first-order valence-electron chi connectivity index (χ1n) is 4.48. The van der Waals surface area contributed by atoms with Crippen LogP contribution in [0.25, 0.3) is 0 Å². The Balaban J connectivity index is 2.61. The first-order chi connectivity index (χ1) is 6.20. The second kappa shape index (κ2) is 4.55. The normalized spacial score (nSPS) is 24.2. The number of hydrogen-bond donors (Lipinski definition) is 3. The Hall–Kier alpha value is -0.650. The number of nitrogens with zero attached hydrogens (tertiary/aromatic N) is 1. The molecule has 1 heterocycles. The van der Waals surface area contributed by atoms with E-state index >= 15 is 0 Å². The molecule has 4 N–H and O–H groups in total. The van der Waals surface area contributed by atoms with Gasteiger partial charge in [-0.3, -0.25) is 4.79 Å². The molecule has 5 nitrogen and oxygen atoms in total. The van der Waals surface area contributed by atoms with Crippen molar-refractivity contribution in [1.29, 1.82) is 0 Å². The molecule has 0 aromatic rings. The molecule has 5 heteroatoms. The molecule has 13 heavy (non-hydrogen) atoms. The van der Waals surface area contributed by atoms with Gasteiger partial charge in [0.05, 0.1) is 25.3 Å². The van der Waals surface area contributed by atoms with E-state index in [2.05, 4.69) is 0 Å². The van der Waals surface area contributed by atoms with Crippen LogP contribution in [0.15, 0.2) is 0 Å². The van der Waals surface area contributed by atoms with Gasteiger partial charge in [-0.25, -0.2) is 0 Å². The average molecular weight is 188 g/mol. The van der Waals surface area contributed by atoms with E-state index in [0.29, 0.717) is 13.0 Å². The van der Waals surface area contributed by atoms with Crippen LogP contribution in [0.1, 0.15) is 12.8 Å². The minimum Gasteiger partial charge on any atom is -0.394 e. The predicted octanol–water partition coefficient (Wildman–Crippen LogP) is -1.71. The Morgan fingerprint density at radius 1 is 1.54 bits per heavy atom. The number of nitrogens with two attached hydrogens (primary N) is 1. The third kappa shape index (κ3) is 2.18. The van der Waals surface area contributed by atoms with Crippen molar-refractivity contribution in [2.24, 2.45) is 5.73 Å². The molecule has 1 rings (SSSR count). The fourth-order valence-corrected chi connectivity index (χ4v) is 1.55. The second-order valence-corrected chi connectivity index (χ2v) is 3.30. The Bertz CT molecular complexity index is 182. The molecule has 0 aromatic carbocycles. The Morgan fingerprint density at radius 2 is 2.15 bits per heavy atom. The summed E-state index contributed by atoms with van der Waals surface area (Å²) in [4.78, 5) is 12.9. The van der Waals surface area contributed by atoms with E-state index < -0.39 is 12.1 Å². The molecule has 1 saturated heterocycles. The molecule has 0 aromatic heterocycles. The third-order valence-corrected chi connectivity index (χ3v) is 2.38. The summed E-state index contributed by atoms with van der Waals surface area (Å²) in [6.45, 7) is 0.155. The van der Waals surface area contributed by atoms with Crippen molar-refractivity contribution < 1.29 is 15.0 Å². The quantitative estimate of drug-likeness (QED) is 0.492. The molecule has 1 atom stereocenters. The molecular weight excluding hydrogens is 172 g/mol. The zero-order valence-corrected chi connectivity index (χ0v) is 7.52. The van der Waals surface area contributed by atoms with Crippen molar-refractivity contribution in [3.8, 4) is 0 Å². The molecular formula is C8H16N2O3. The van der Waals surface area contributed by atoms with Crippen LogP contribution >= 0.6 is 0 Å². The molecule has 0 radical (unpaired) electrons. The van der Waals surface area contributed by atoms with Crippen LogP contribution in [0.4, 0.5) is 0 Å². The lowest BCUT2D eigenvalue weighted by Crippen LogP contribution is -2.54. The van der Waals surface area contributed by atoms with Crippen molar-refractivity contribution >= 4 is 5.91 Å². The lowest BCUT2D eigenvalue weighted by molar-refractivity contribution is -0.139. The number of amides is 1. The summed E-state index contributed by atoms with van der Waals surface area (Å²) in [6.07, 6.45) is 1.53. The van der Waals surface area contributed by atoms with Crippen molar-refractivity contribution in [3.05, 3.63) is 0 Å². The van der Waals surface area contributed by atoms with Gasteiger partial charge in [-0.1, -0.05) is 0 Å². The fraction of sp³-hybridized carbons (Fsp3) is 0.875. The van der Waals surface area contributed by atoms with Gasteiger partial charge in [0.15, 0.2) is 0 Å². The molecule has 0 spiro atoms. The van der Waals surface area contributed by atoms with Crippen LogP contribution < -0.4 is 5.73 Å². The fourth-order valence-electron chi connectivity index (χ4n) is 1.55. The molecule has 1 aliphatic heterocycles. The molecule has 0 aliphatic carbocycles. The van der Waals surface area contributed by atoms with Crippen LogP contribution in [-0.4, -0.2) is 52.9 Å². The number of carbonyl (C=O) groups is 1. The van der Waals surface area contributed by atoms with Gasteiger partial charge in [0.25, 0.3) is 0 Å². The number of rotatable bonds is 3. The monoisotopic (exact) mass is 188 g/mol. The van der Waals surface area contributed by atoms with Gasteiger partial charge in [-0.05, 0) is 12.8 Å². The van der Waals surface area contributed by atoms with Gasteiger partial charge < -0.3 is 20.8 Å². The minimum atomic E-state index is -0.487. The summed E-state index contributed by atoms with van der Waals surface area (Å²) in [5.74, 6) is -0.167. The summed E-state index contributed by atoms with van der Waals surface area (Å²) in [5.41, 5.74) is 5.56. The van der Waals surface area contributed by atoms with Crippen LogP contribution in [0.2, 0.25) is 0 Å². The average Bonchev–Trinajstić information content (AvgIpc) is 2.14. The summed E-state index contributed by atoms with van der Waals surface area (Å²) in [6, 6.07) is -0.951. The van der Waals surface area contributed by atoms with Gasteiger partial charge in [0.1, 0.15) is 0 Å². The Morgan fingerprint density at radius 3 is 2.69 bits per heavy atom. The highest BCUT2D eigenvalue weighted by molar-refractivity contribution is 5.82. The summed E-state index contributed by atoms with van der Waals surface area (Å²) >= 11 is 0. The van der Waals surface area contributed by atoms with Crippen molar-refractivity contribution in [2.75, 3.05) is 19.8 Å². The van der Waals surface area contributed by atoms with E-state index in [1.54, 1.807) is 0 Å². The molecule has 0 saturated carbocycles. The summed E-state index contributed by atoms with van der Waals surface area (Å²) < 4.78 is 0. The van der Waals surface area contributed by atoms with Gasteiger partial charge in [0.2, 0.25) is 5.91 Å². The van der Waals surface area contributed by atoms with Gasteiger partial charge in [0, 0.05) is 6.54 Å². The molecule has 1 aliphatic rings. The van der Waals surface area contributed by atoms with Gasteiger partial charge in [-0.2, -0.15) is 0 Å². The summed E-state index contributed by atoms with van der Waals surface area (Å²) in [5, 5.41) is 17.8. The van der Waals surface area contributed by atoms with Crippen molar-refractivity contribution in [1.82, 2.24) is 4.90 Å². The lowest BCUT2D eigenvalue weighted by Gasteiger charge is -2.35. The van der Waals surface area contributed by atoms with E-state index in [0.717, 1.165) is 6.42 Å². The first kappa shape index (κ1) is 10.4. The van der Waals surface area contributed by atoms with E-state index in [-0.39, 0.29) is 19.1 Å². The van der Waals surface area contributed by atoms with Gasteiger partial charge >= 0.3 is 0 Å². The number of hydrogen-bond acceptors (Lipinski definition) is 4. The third-order valence-electron chi connectivity index (χ3n) is 2.38. The zero-order valence-electron chi connectivity index (χ0n) is 7.52. The minimum absolute atomic E-state index is 0.167. The number of likely N-dealkylation sites (tertiary alicyclic amines) is 1. The highest BCUT2D eigenvalue weighted by Crippen LogP contribution is 2.12. The SMILES string of the molecule is NC1CCCN(C(CO)CO)C1=O. The van der Waals surface area contributed by atoms with Crippen LogP contribution in [0, 0.1) is 0 Å². The van der Waals surface area contributed by atoms with E-state index in [1.807, 2.05) is 0 Å². The largest absolute Gasteiger partial charge is 0.394 e. The van der Waals surface area contributed by atoms with Gasteiger partial charge in [-0.15, -0.1) is 0 Å². The topological polar surface area (TPSA) is 86.8 Å². The Kier molecular flexibility index (Phi) is 3.65. The molecule has 1 fully saturated rings. The number of piperidine rings is 1. The molecule has 1 unspecified atom stereocenters. The highest BCUT2D eigenvalue weighted by atomic mass is 16.3. The zero-order chi connectivity index (χ0) is 9.84. The van der Waals surface area contributed by atoms with Crippen molar-refractivity contribution in [3.63, 3.8) is 0 Å². The molecule has 76 valence electrons. The molecule has 1 amide bonds. The lowest BCUT2D eigenvalue weighted by atomic mass is 10.0. The maximum atomic E-state index is 11.5. The van der Waals surface area contributed by atoms with E-state index in [1.165, 1.54) is 4.90 Å². The smallest absolute Gasteiger partial charge is 0.239 e. The van der Waals surface area contributed by atoms with Crippen molar-refractivity contribution in [2.45, 2.75) is 24.9 Å². The van der Waals surface area contributed by atoms with Crippen LogP contribution in [-0.2, 0) is 4.79 Å². The second-order valence-electron chi connectivity index (χ2n) is 3.30.